The van der Waals surface area contributed by atoms with Crippen molar-refractivity contribution in [1.82, 2.24) is 15.1 Å². The molecule has 0 bridgehead atoms. The minimum absolute atomic E-state index is 0.0560. The Morgan fingerprint density at radius 3 is 2.94 bits per heavy atom. The number of rotatable bonds is 6. The molecule has 162 valence electrons. The van der Waals surface area contributed by atoms with Gasteiger partial charge < -0.3 is 15.0 Å². The number of aromatic nitrogens is 2. The number of H-pyrrole nitrogens is 1. The second-order valence-electron chi connectivity index (χ2n) is 7.81. The van der Waals surface area contributed by atoms with Crippen LogP contribution in [0.1, 0.15) is 36.2 Å². The van der Waals surface area contributed by atoms with Crippen LogP contribution in [-0.4, -0.2) is 47.1 Å². The molecular formula is C23H25ClN4O3. The smallest absolute Gasteiger partial charge is 0.275 e. The zero-order valence-electron chi connectivity index (χ0n) is 17.4. The zero-order valence-corrected chi connectivity index (χ0v) is 18.1. The van der Waals surface area contributed by atoms with E-state index in [1.807, 2.05) is 29.2 Å². The highest BCUT2D eigenvalue weighted by atomic mass is 35.5. The van der Waals surface area contributed by atoms with E-state index in [1.165, 1.54) is 0 Å². The van der Waals surface area contributed by atoms with Crippen molar-refractivity contribution in [3.8, 4) is 5.75 Å². The molecule has 0 spiro atoms. The van der Waals surface area contributed by atoms with Crippen molar-refractivity contribution < 1.29 is 14.3 Å². The molecule has 1 fully saturated rings. The fourth-order valence-corrected chi connectivity index (χ4v) is 4.32. The normalized spacial score (nSPS) is 16.3. The predicted molar refractivity (Wildman–Crippen MR) is 121 cm³/mol. The van der Waals surface area contributed by atoms with E-state index < -0.39 is 0 Å². The Hall–Kier alpha value is -3.06. The topological polar surface area (TPSA) is 87.3 Å². The van der Waals surface area contributed by atoms with Gasteiger partial charge in [-0.05, 0) is 49.4 Å². The number of halogens is 1. The van der Waals surface area contributed by atoms with E-state index >= 15 is 0 Å². The minimum atomic E-state index is -0.0667. The molecule has 2 N–H and O–H groups in total. The van der Waals surface area contributed by atoms with Crippen LogP contribution in [0.2, 0.25) is 5.02 Å². The lowest BCUT2D eigenvalue weighted by atomic mass is 9.93. The Morgan fingerprint density at radius 1 is 1.29 bits per heavy atom. The van der Waals surface area contributed by atoms with E-state index in [2.05, 4.69) is 15.5 Å². The number of aromatic amines is 1. The lowest BCUT2D eigenvalue weighted by molar-refractivity contribution is -0.116. The molecule has 2 amide bonds. The molecule has 4 rings (SSSR count). The van der Waals surface area contributed by atoms with Crippen molar-refractivity contribution in [1.29, 1.82) is 0 Å². The quantitative estimate of drug-likeness (QED) is 0.591. The fourth-order valence-electron chi connectivity index (χ4n) is 4.06. The first-order chi connectivity index (χ1) is 15.0. The second-order valence-corrected chi connectivity index (χ2v) is 8.22. The molecule has 1 saturated heterocycles. The van der Waals surface area contributed by atoms with E-state index in [0.29, 0.717) is 41.7 Å². The van der Waals surface area contributed by atoms with Crippen LogP contribution in [0.25, 0.3) is 10.9 Å². The summed E-state index contributed by atoms with van der Waals surface area (Å²) in [5.41, 5.74) is 1.96. The lowest BCUT2D eigenvalue weighted by Crippen LogP contribution is -2.40. The number of hydrogen-bond donors (Lipinski definition) is 2. The van der Waals surface area contributed by atoms with Gasteiger partial charge in [-0.2, -0.15) is 5.10 Å². The average molecular weight is 441 g/mol. The number of nitrogens with zero attached hydrogens (tertiary/aromatic N) is 2. The maximum absolute atomic E-state index is 13.0. The molecule has 31 heavy (non-hydrogen) atoms. The Labute approximate surface area is 185 Å². The Morgan fingerprint density at radius 2 is 2.13 bits per heavy atom. The number of likely N-dealkylation sites (tertiary alicyclic amines) is 1. The standard InChI is InChI=1S/C23H25ClN4O3/c1-31-20-10-9-16(13-18(20)24)25-21(29)11-8-15-5-4-12-28(14-15)23(30)22-17-6-2-3-7-19(17)26-27-22/h2-3,6-7,9-10,13,15H,4-5,8,11-12,14H2,1H3,(H,25,29)(H,26,27). The van der Waals surface area contributed by atoms with Crippen LogP contribution >= 0.6 is 11.6 Å². The van der Waals surface area contributed by atoms with Gasteiger partial charge in [-0.25, -0.2) is 0 Å². The summed E-state index contributed by atoms with van der Waals surface area (Å²) in [6.07, 6.45) is 3.05. The molecule has 2 heterocycles. The number of carbonyl (C=O) groups is 2. The summed E-state index contributed by atoms with van der Waals surface area (Å²) in [5.74, 6) is 0.729. The van der Waals surface area contributed by atoms with E-state index in [9.17, 15) is 9.59 Å². The highest BCUT2D eigenvalue weighted by molar-refractivity contribution is 6.32. The molecule has 7 nitrogen and oxygen atoms in total. The van der Waals surface area contributed by atoms with Crippen LogP contribution in [0.5, 0.6) is 5.75 Å². The maximum atomic E-state index is 13.0. The van der Waals surface area contributed by atoms with Gasteiger partial charge in [0.25, 0.3) is 5.91 Å². The number of nitrogens with one attached hydrogen (secondary N) is 2. The number of para-hydroxylation sites is 1. The molecule has 2 aromatic carbocycles. The van der Waals surface area contributed by atoms with Gasteiger partial charge in [-0.3, -0.25) is 14.7 Å². The summed E-state index contributed by atoms with van der Waals surface area (Å²) >= 11 is 6.12. The zero-order chi connectivity index (χ0) is 21.8. The number of methoxy groups -OCH3 is 1. The van der Waals surface area contributed by atoms with Crippen molar-refractivity contribution in [2.45, 2.75) is 25.7 Å². The number of hydrogen-bond acceptors (Lipinski definition) is 4. The number of piperidine rings is 1. The number of anilines is 1. The third kappa shape index (κ3) is 4.82. The molecule has 1 aromatic heterocycles. The number of ether oxygens (including phenoxy) is 1. The molecule has 1 unspecified atom stereocenters. The SMILES string of the molecule is COc1ccc(NC(=O)CCC2CCCN(C(=O)c3n[nH]c4ccccc34)C2)cc1Cl. The number of benzene rings is 2. The Kier molecular flexibility index (Phi) is 6.42. The van der Waals surface area contributed by atoms with E-state index in [0.717, 1.165) is 30.2 Å². The van der Waals surface area contributed by atoms with Gasteiger partial charge in [-0.15, -0.1) is 0 Å². The van der Waals surface area contributed by atoms with Gasteiger partial charge >= 0.3 is 0 Å². The van der Waals surface area contributed by atoms with E-state index in [4.69, 9.17) is 16.3 Å². The molecule has 0 aliphatic carbocycles. The number of carbonyl (C=O) groups excluding carboxylic acids is 2. The van der Waals surface area contributed by atoms with Crippen LogP contribution in [0.3, 0.4) is 0 Å². The van der Waals surface area contributed by atoms with Gasteiger partial charge in [0.1, 0.15) is 5.75 Å². The fraction of sp³-hybridized carbons (Fsp3) is 0.348. The first-order valence-electron chi connectivity index (χ1n) is 10.4. The van der Waals surface area contributed by atoms with E-state index in [-0.39, 0.29) is 17.7 Å². The third-order valence-corrected chi connectivity index (χ3v) is 5.99. The van der Waals surface area contributed by atoms with Gasteiger partial charge in [0, 0.05) is 30.6 Å². The molecular weight excluding hydrogens is 416 g/mol. The Bertz CT molecular complexity index is 1100. The summed E-state index contributed by atoms with van der Waals surface area (Å²) in [6.45, 7) is 1.36. The van der Waals surface area contributed by atoms with Crippen LogP contribution in [0, 0.1) is 5.92 Å². The van der Waals surface area contributed by atoms with E-state index in [1.54, 1.807) is 25.3 Å². The van der Waals surface area contributed by atoms with Crippen molar-refractivity contribution in [3.63, 3.8) is 0 Å². The second kappa shape index (κ2) is 9.39. The summed E-state index contributed by atoms with van der Waals surface area (Å²) in [4.78, 5) is 27.3. The minimum Gasteiger partial charge on any atom is -0.495 e. The monoisotopic (exact) mass is 440 g/mol. The van der Waals surface area contributed by atoms with Gasteiger partial charge in [0.15, 0.2) is 5.69 Å². The first kappa shape index (κ1) is 21.2. The van der Waals surface area contributed by atoms with Crippen LogP contribution < -0.4 is 10.1 Å². The maximum Gasteiger partial charge on any atom is 0.275 e. The molecule has 0 radical (unpaired) electrons. The first-order valence-corrected chi connectivity index (χ1v) is 10.8. The highest BCUT2D eigenvalue weighted by Gasteiger charge is 2.27. The van der Waals surface area contributed by atoms with Gasteiger partial charge in [0.05, 0.1) is 17.6 Å². The molecule has 1 atom stereocenters. The van der Waals surface area contributed by atoms with Crippen molar-refractivity contribution in [2.75, 3.05) is 25.5 Å². The summed E-state index contributed by atoms with van der Waals surface area (Å²) in [6, 6.07) is 12.8. The lowest BCUT2D eigenvalue weighted by Gasteiger charge is -2.32. The van der Waals surface area contributed by atoms with Crippen molar-refractivity contribution >= 4 is 40.0 Å². The predicted octanol–water partition coefficient (Wildman–Crippen LogP) is 4.50. The summed E-state index contributed by atoms with van der Waals surface area (Å²) in [5, 5.41) is 11.3. The average Bonchev–Trinajstić information content (AvgIpc) is 3.22. The van der Waals surface area contributed by atoms with Crippen LogP contribution in [0.15, 0.2) is 42.5 Å². The van der Waals surface area contributed by atoms with Gasteiger partial charge in [-0.1, -0.05) is 29.8 Å². The Balaban J connectivity index is 1.32. The molecule has 0 saturated carbocycles. The summed E-state index contributed by atoms with van der Waals surface area (Å²) in [7, 11) is 1.55. The van der Waals surface area contributed by atoms with Gasteiger partial charge in [0.2, 0.25) is 5.91 Å². The van der Waals surface area contributed by atoms with Crippen molar-refractivity contribution in [3.05, 3.63) is 53.2 Å². The molecule has 1 aliphatic heterocycles. The van der Waals surface area contributed by atoms with Crippen molar-refractivity contribution in [2.24, 2.45) is 5.92 Å². The molecule has 3 aromatic rings. The number of fused-ring (bicyclic) bond motifs is 1. The third-order valence-electron chi connectivity index (χ3n) is 5.69. The molecule has 8 heteroatoms. The van der Waals surface area contributed by atoms with Crippen LogP contribution in [0.4, 0.5) is 5.69 Å². The highest BCUT2D eigenvalue weighted by Crippen LogP contribution is 2.28. The largest absolute Gasteiger partial charge is 0.495 e. The number of amides is 2. The van der Waals surface area contributed by atoms with Crippen LogP contribution in [-0.2, 0) is 4.79 Å². The summed E-state index contributed by atoms with van der Waals surface area (Å²) < 4.78 is 5.13. The molecule has 1 aliphatic rings.